The fourth-order valence-corrected chi connectivity index (χ4v) is 2.99. The summed E-state index contributed by atoms with van der Waals surface area (Å²) >= 11 is 0. The highest BCUT2D eigenvalue weighted by atomic mass is 16.5. The van der Waals surface area contributed by atoms with Crippen LogP contribution in [0.4, 0.5) is 5.69 Å². The van der Waals surface area contributed by atoms with E-state index in [-0.39, 0.29) is 18.3 Å². The normalized spacial score (nSPS) is 18.1. The van der Waals surface area contributed by atoms with E-state index in [1.54, 1.807) is 30.3 Å². The molecule has 1 N–H and O–H groups in total. The molecular weight excluding hydrogens is 322 g/mol. The van der Waals surface area contributed by atoms with E-state index >= 15 is 0 Å². The third-order valence-electron chi connectivity index (χ3n) is 4.18. The third-order valence-corrected chi connectivity index (χ3v) is 4.18. The van der Waals surface area contributed by atoms with E-state index in [9.17, 15) is 9.59 Å². The molecule has 0 saturated carbocycles. The van der Waals surface area contributed by atoms with Crippen molar-refractivity contribution in [1.29, 1.82) is 0 Å². The summed E-state index contributed by atoms with van der Waals surface area (Å²) in [7, 11) is 0. The molecule has 2 aliphatic rings. The van der Waals surface area contributed by atoms with Gasteiger partial charge in [-0.05, 0) is 18.2 Å². The Morgan fingerprint density at radius 3 is 2.76 bits per heavy atom. The van der Waals surface area contributed by atoms with Gasteiger partial charge in [-0.1, -0.05) is 18.2 Å². The molecule has 0 unspecified atom stereocenters. The highest BCUT2D eigenvalue weighted by Gasteiger charge is 2.32. The molecule has 0 aromatic heterocycles. The van der Waals surface area contributed by atoms with Gasteiger partial charge in [0.1, 0.15) is 6.10 Å². The Labute approximate surface area is 144 Å². The standard InChI is InChI=1S/C19H17NO5/c21-18(11-16-13-4-1-2-5-14(13)19(22)25-16)20-12-6-7-15-17(10-12)24-9-3-8-23-15/h1-2,4-7,10,16H,3,8-9,11H2,(H,20,21)/t16-/m0/s1. The number of hydrogen-bond donors (Lipinski definition) is 1. The summed E-state index contributed by atoms with van der Waals surface area (Å²) in [5.41, 5.74) is 1.89. The topological polar surface area (TPSA) is 73.9 Å². The zero-order valence-corrected chi connectivity index (χ0v) is 13.5. The van der Waals surface area contributed by atoms with Gasteiger partial charge >= 0.3 is 5.97 Å². The largest absolute Gasteiger partial charge is 0.490 e. The Kier molecular flexibility index (Phi) is 4.01. The molecule has 0 bridgehead atoms. The lowest BCUT2D eigenvalue weighted by molar-refractivity contribution is -0.118. The number of carbonyl (C=O) groups is 2. The number of esters is 1. The summed E-state index contributed by atoms with van der Waals surface area (Å²) in [5, 5.41) is 2.82. The number of cyclic esters (lactones) is 1. The van der Waals surface area contributed by atoms with Crippen LogP contribution in [0.5, 0.6) is 11.5 Å². The second-order valence-electron chi connectivity index (χ2n) is 5.95. The molecular formula is C19H17NO5. The number of hydrogen-bond acceptors (Lipinski definition) is 5. The smallest absolute Gasteiger partial charge is 0.339 e. The summed E-state index contributed by atoms with van der Waals surface area (Å²) in [5.74, 6) is 0.676. The van der Waals surface area contributed by atoms with Crippen molar-refractivity contribution in [3.63, 3.8) is 0 Å². The van der Waals surface area contributed by atoms with E-state index in [4.69, 9.17) is 14.2 Å². The van der Waals surface area contributed by atoms with Gasteiger partial charge in [0.05, 0.1) is 25.2 Å². The molecule has 128 valence electrons. The molecule has 0 saturated heterocycles. The van der Waals surface area contributed by atoms with Crippen LogP contribution >= 0.6 is 0 Å². The van der Waals surface area contributed by atoms with Gasteiger partial charge in [-0.25, -0.2) is 4.79 Å². The van der Waals surface area contributed by atoms with Gasteiger partial charge in [0, 0.05) is 23.7 Å². The van der Waals surface area contributed by atoms with Gasteiger partial charge in [-0.15, -0.1) is 0 Å². The Morgan fingerprint density at radius 1 is 1.08 bits per heavy atom. The van der Waals surface area contributed by atoms with E-state index in [1.165, 1.54) is 0 Å². The van der Waals surface area contributed by atoms with Crippen molar-refractivity contribution in [2.75, 3.05) is 18.5 Å². The summed E-state index contributed by atoms with van der Waals surface area (Å²) in [6, 6.07) is 12.4. The average Bonchev–Trinajstić information content (AvgIpc) is 2.79. The molecule has 2 aromatic carbocycles. The van der Waals surface area contributed by atoms with Crippen LogP contribution in [0.25, 0.3) is 0 Å². The SMILES string of the molecule is O=C(C[C@@H]1OC(=O)c2ccccc21)Nc1ccc2c(c1)OCCCO2. The summed E-state index contributed by atoms with van der Waals surface area (Å²) < 4.78 is 16.5. The molecule has 6 heteroatoms. The lowest BCUT2D eigenvalue weighted by Gasteiger charge is -2.13. The second-order valence-corrected chi connectivity index (χ2v) is 5.95. The van der Waals surface area contributed by atoms with Gasteiger partial charge in [0.2, 0.25) is 5.91 Å². The number of amides is 1. The van der Waals surface area contributed by atoms with Crippen molar-refractivity contribution in [3.8, 4) is 11.5 Å². The fourth-order valence-electron chi connectivity index (χ4n) is 2.99. The first-order valence-corrected chi connectivity index (χ1v) is 8.20. The van der Waals surface area contributed by atoms with Crippen LogP contribution < -0.4 is 14.8 Å². The first kappa shape index (κ1) is 15.5. The molecule has 0 aliphatic carbocycles. The molecule has 2 heterocycles. The van der Waals surface area contributed by atoms with Gasteiger partial charge in [0.15, 0.2) is 11.5 Å². The monoisotopic (exact) mass is 339 g/mol. The van der Waals surface area contributed by atoms with Crippen LogP contribution in [0.2, 0.25) is 0 Å². The van der Waals surface area contributed by atoms with Crippen molar-refractivity contribution in [2.45, 2.75) is 18.9 Å². The Hall–Kier alpha value is -3.02. The molecule has 2 aromatic rings. The Bertz CT molecular complexity index is 832. The number of benzene rings is 2. The van der Waals surface area contributed by atoms with Gasteiger partial charge in [-0.2, -0.15) is 0 Å². The van der Waals surface area contributed by atoms with Crippen molar-refractivity contribution < 1.29 is 23.8 Å². The van der Waals surface area contributed by atoms with Crippen LogP contribution in [0.1, 0.15) is 34.9 Å². The van der Waals surface area contributed by atoms with E-state index in [1.807, 2.05) is 12.1 Å². The maximum atomic E-state index is 12.3. The molecule has 2 aliphatic heterocycles. The first-order chi connectivity index (χ1) is 12.2. The van der Waals surface area contributed by atoms with E-state index in [0.717, 1.165) is 12.0 Å². The van der Waals surface area contributed by atoms with Crippen molar-refractivity contribution in [1.82, 2.24) is 0 Å². The maximum absolute atomic E-state index is 12.3. The summed E-state index contributed by atoms with van der Waals surface area (Å²) in [6.07, 6.45) is 0.337. The number of carbonyl (C=O) groups excluding carboxylic acids is 2. The zero-order valence-electron chi connectivity index (χ0n) is 13.5. The lowest BCUT2D eigenvalue weighted by atomic mass is 10.0. The first-order valence-electron chi connectivity index (χ1n) is 8.20. The van der Waals surface area contributed by atoms with Crippen molar-refractivity contribution in [3.05, 3.63) is 53.6 Å². The lowest BCUT2D eigenvalue weighted by Crippen LogP contribution is -2.15. The second kappa shape index (κ2) is 6.47. The third kappa shape index (κ3) is 3.15. The van der Waals surface area contributed by atoms with E-state index < -0.39 is 6.10 Å². The van der Waals surface area contributed by atoms with Crippen molar-refractivity contribution in [2.24, 2.45) is 0 Å². The van der Waals surface area contributed by atoms with Gasteiger partial charge in [-0.3, -0.25) is 4.79 Å². The number of fused-ring (bicyclic) bond motifs is 2. The fraction of sp³-hybridized carbons (Fsp3) is 0.263. The molecule has 0 spiro atoms. The molecule has 25 heavy (non-hydrogen) atoms. The van der Waals surface area contributed by atoms with Crippen LogP contribution in [0, 0.1) is 0 Å². The van der Waals surface area contributed by atoms with Crippen LogP contribution in [0.3, 0.4) is 0 Å². The quantitative estimate of drug-likeness (QED) is 0.870. The highest BCUT2D eigenvalue weighted by molar-refractivity contribution is 5.96. The van der Waals surface area contributed by atoms with Gasteiger partial charge in [0.25, 0.3) is 0 Å². The van der Waals surface area contributed by atoms with Crippen LogP contribution in [-0.2, 0) is 9.53 Å². The molecule has 0 radical (unpaired) electrons. The maximum Gasteiger partial charge on any atom is 0.339 e. The van der Waals surface area contributed by atoms with Crippen molar-refractivity contribution >= 4 is 17.6 Å². The average molecular weight is 339 g/mol. The molecule has 1 atom stereocenters. The molecule has 0 fully saturated rings. The van der Waals surface area contributed by atoms with Gasteiger partial charge < -0.3 is 19.5 Å². The highest BCUT2D eigenvalue weighted by Crippen LogP contribution is 2.34. The molecule has 1 amide bonds. The minimum atomic E-state index is -0.552. The number of anilines is 1. The summed E-state index contributed by atoms with van der Waals surface area (Å²) in [6.45, 7) is 1.20. The summed E-state index contributed by atoms with van der Waals surface area (Å²) in [4.78, 5) is 24.2. The zero-order chi connectivity index (χ0) is 17.2. The van der Waals surface area contributed by atoms with Crippen LogP contribution in [-0.4, -0.2) is 25.1 Å². The van der Waals surface area contributed by atoms with E-state index in [0.29, 0.717) is 36.0 Å². The number of ether oxygens (including phenoxy) is 3. The minimum absolute atomic E-state index is 0.0667. The predicted octanol–water partition coefficient (Wildman–Crippen LogP) is 3.09. The number of rotatable bonds is 3. The molecule has 4 rings (SSSR count). The molecule has 6 nitrogen and oxygen atoms in total. The van der Waals surface area contributed by atoms with E-state index in [2.05, 4.69) is 5.32 Å². The predicted molar refractivity (Wildman–Crippen MR) is 89.9 cm³/mol. The number of nitrogens with one attached hydrogen (secondary N) is 1. The minimum Gasteiger partial charge on any atom is -0.490 e. The Morgan fingerprint density at radius 2 is 1.88 bits per heavy atom. The Balaban J connectivity index is 1.45. The van der Waals surface area contributed by atoms with Crippen LogP contribution in [0.15, 0.2) is 42.5 Å².